The lowest BCUT2D eigenvalue weighted by atomic mass is 10.2. The lowest BCUT2D eigenvalue weighted by Crippen LogP contribution is -2.25. The number of carbonyl (C=O) groups is 2. The number of amides is 2. The van der Waals surface area contributed by atoms with Crippen molar-refractivity contribution in [1.82, 2.24) is 15.0 Å². The van der Waals surface area contributed by atoms with Crippen LogP contribution in [0.25, 0.3) is 10.9 Å². The summed E-state index contributed by atoms with van der Waals surface area (Å²) in [6.45, 7) is 1.72. The molecule has 1 heterocycles. The average Bonchev–Trinajstić information content (AvgIpc) is 2.63. The van der Waals surface area contributed by atoms with E-state index in [4.69, 9.17) is 0 Å². The van der Waals surface area contributed by atoms with Crippen molar-refractivity contribution in [3.8, 4) is 0 Å². The first-order chi connectivity index (χ1) is 13.0. The number of aromatic nitrogens is 3. The average molecular weight is 365 g/mol. The number of hydrogen-bond acceptors (Lipinski definition) is 5. The molecule has 0 saturated heterocycles. The number of nitrogens with zero attached hydrogens (tertiary/aromatic N) is 3. The highest BCUT2D eigenvalue weighted by atomic mass is 16.2. The zero-order valence-corrected chi connectivity index (χ0v) is 14.8. The highest BCUT2D eigenvalue weighted by molar-refractivity contribution is 5.93. The van der Waals surface area contributed by atoms with Gasteiger partial charge in [0.05, 0.1) is 5.39 Å². The number of carbonyl (C=O) groups excluding carboxylic acids is 2. The van der Waals surface area contributed by atoms with Crippen LogP contribution in [-0.4, -0.2) is 26.8 Å². The minimum Gasteiger partial charge on any atom is -0.326 e. The van der Waals surface area contributed by atoms with Gasteiger partial charge >= 0.3 is 0 Å². The van der Waals surface area contributed by atoms with Gasteiger partial charge in [-0.3, -0.25) is 14.4 Å². The summed E-state index contributed by atoms with van der Waals surface area (Å²) in [6.07, 6.45) is 0.676. The quantitative estimate of drug-likeness (QED) is 0.696. The molecule has 0 fully saturated rings. The predicted molar refractivity (Wildman–Crippen MR) is 102 cm³/mol. The summed E-state index contributed by atoms with van der Waals surface area (Å²) in [7, 11) is 0. The van der Waals surface area contributed by atoms with E-state index >= 15 is 0 Å². The Labute approximate surface area is 155 Å². The van der Waals surface area contributed by atoms with E-state index in [-0.39, 0.29) is 23.8 Å². The van der Waals surface area contributed by atoms with Crippen LogP contribution in [0.4, 0.5) is 11.4 Å². The van der Waals surface area contributed by atoms with E-state index in [0.717, 1.165) is 0 Å². The van der Waals surface area contributed by atoms with E-state index in [2.05, 4.69) is 20.9 Å². The highest BCUT2D eigenvalue weighted by Gasteiger charge is 2.07. The molecule has 3 rings (SSSR count). The summed E-state index contributed by atoms with van der Waals surface area (Å²) < 4.78 is 1.27. The van der Waals surface area contributed by atoms with Crippen molar-refractivity contribution < 1.29 is 9.59 Å². The summed E-state index contributed by atoms with van der Waals surface area (Å²) >= 11 is 0. The van der Waals surface area contributed by atoms with Crippen LogP contribution < -0.4 is 16.2 Å². The largest absolute Gasteiger partial charge is 0.326 e. The number of nitrogens with one attached hydrogen (secondary N) is 2. The molecule has 27 heavy (non-hydrogen) atoms. The van der Waals surface area contributed by atoms with Crippen LogP contribution in [0, 0.1) is 0 Å². The third kappa shape index (κ3) is 4.75. The van der Waals surface area contributed by atoms with Gasteiger partial charge in [-0.05, 0) is 36.8 Å². The molecular weight excluding hydrogens is 346 g/mol. The van der Waals surface area contributed by atoms with Gasteiger partial charge in [0.1, 0.15) is 5.52 Å². The molecule has 138 valence electrons. The molecule has 8 heteroatoms. The molecule has 8 nitrogen and oxygen atoms in total. The van der Waals surface area contributed by atoms with Gasteiger partial charge in [-0.1, -0.05) is 23.4 Å². The first-order valence-electron chi connectivity index (χ1n) is 8.53. The molecule has 3 aromatic rings. The van der Waals surface area contributed by atoms with E-state index in [0.29, 0.717) is 35.2 Å². The molecule has 1 aromatic heterocycles. The maximum absolute atomic E-state index is 12.3. The zero-order chi connectivity index (χ0) is 19.2. The number of hydrogen-bond donors (Lipinski definition) is 2. The molecule has 0 atom stereocenters. The maximum Gasteiger partial charge on any atom is 0.277 e. The molecule has 2 N–H and O–H groups in total. The summed E-state index contributed by atoms with van der Waals surface area (Å²) in [5.41, 5.74) is 1.53. The first-order valence-corrected chi connectivity index (χ1v) is 8.53. The van der Waals surface area contributed by atoms with Gasteiger partial charge in [0.15, 0.2) is 0 Å². The van der Waals surface area contributed by atoms with Gasteiger partial charge in [-0.15, -0.1) is 5.10 Å². The summed E-state index contributed by atoms with van der Waals surface area (Å²) in [4.78, 5) is 35.6. The normalized spacial score (nSPS) is 10.6. The maximum atomic E-state index is 12.3. The summed E-state index contributed by atoms with van der Waals surface area (Å²) in [5.74, 6) is -0.364. The van der Waals surface area contributed by atoms with E-state index in [1.807, 2.05) is 0 Å². The van der Waals surface area contributed by atoms with E-state index in [9.17, 15) is 14.4 Å². The molecule has 2 aromatic carbocycles. The molecule has 0 radical (unpaired) electrons. The standard InChI is InChI=1S/C19H19N5O3/c1-13(25)20-14-6-4-7-15(12-14)21-18(26)10-5-11-24-19(27)16-8-2-3-9-17(16)22-23-24/h2-4,6-9,12H,5,10-11H2,1H3,(H,20,25)(H,21,26). The van der Waals surface area contributed by atoms with Crippen molar-refractivity contribution in [2.45, 2.75) is 26.3 Å². The van der Waals surface area contributed by atoms with Crippen LogP contribution in [0.3, 0.4) is 0 Å². The van der Waals surface area contributed by atoms with Gasteiger partial charge in [0, 0.05) is 31.3 Å². The fourth-order valence-electron chi connectivity index (χ4n) is 2.66. The van der Waals surface area contributed by atoms with Gasteiger partial charge in [0.25, 0.3) is 5.56 Å². The third-order valence-corrected chi connectivity index (χ3v) is 3.87. The lowest BCUT2D eigenvalue weighted by Gasteiger charge is -2.08. The molecule has 0 aliphatic carbocycles. The number of benzene rings is 2. The summed E-state index contributed by atoms with van der Waals surface area (Å²) in [5, 5.41) is 13.9. The molecule has 0 saturated carbocycles. The Morgan fingerprint density at radius 2 is 1.78 bits per heavy atom. The Kier molecular flexibility index (Phi) is 5.55. The molecule has 0 aliphatic rings. The van der Waals surface area contributed by atoms with Gasteiger partial charge in [0.2, 0.25) is 11.8 Å². The number of fused-ring (bicyclic) bond motifs is 1. The van der Waals surface area contributed by atoms with Crippen LogP contribution in [0.5, 0.6) is 0 Å². The zero-order valence-electron chi connectivity index (χ0n) is 14.8. The van der Waals surface area contributed by atoms with Crippen molar-refractivity contribution in [3.05, 3.63) is 58.9 Å². The minimum atomic E-state index is -0.219. The predicted octanol–water partition coefficient (Wildman–Crippen LogP) is 2.17. The topological polar surface area (TPSA) is 106 Å². The van der Waals surface area contributed by atoms with Crippen molar-refractivity contribution in [1.29, 1.82) is 0 Å². The Balaban J connectivity index is 1.56. The smallest absolute Gasteiger partial charge is 0.277 e. The van der Waals surface area contributed by atoms with Crippen LogP contribution in [-0.2, 0) is 16.1 Å². The van der Waals surface area contributed by atoms with Crippen LogP contribution in [0.15, 0.2) is 53.3 Å². The highest BCUT2D eigenvalue weighted by Crippen LogP contribution is 2.15. The second-order valence-electron chi connectivity index (χ2n) is 6.05. The monoisotopic (exact) mass is 365 g/mol. The Hall–Kier alpha value is -3.55. The lowest BCUT2D eigenvalue weighted by molar-refractivity contribution is -0.116. The van der Waals surface area contributed by atoms with Crippen molar-refractivity contribution in [2.75, 3.05) is 10.6 Å². The molecule has 0 bridgehead atoms. The van der Waals surface area contributed by atoms with Crippen LogP contribution >= 0.6 is 0 Å². The van der Waals surface area contributed by atoms with E-state index in [1.54, 1.807) is 48.5 Å². The molecule has 0 spiro atoms. The second-order valence-corrected chi connectivity index (χ2v) is 6.05. The second kappa shape index (κ2) is 8.22. The Morgan fingerprint density at radius 3 is 2.56 bits per heavy atom. The molecular formula is C19H19N5O3. The number of anilines is 2. The Bertz CT molecular complexity index is 1040. The minimum absolute atomic E-state index is 0.180. The first kappa shape index (κ1) is 18.2. The third-order valence-electron chi connectivity index (χ3n) is 3.87. The molecule has 0 aliphatic heterocycles. The fourth-order valence-corrected chi connectivity index (χ4v) is 2.66. The van der Waals surface area contributed by atoms with Gasteiger partial charge in [-0.2, -0.15) is 0 Å². The number of rotatable bonds is 6. The SMILES string of the molecule is CC(=O)Nc1cccc(NC(=O)CCCn2nnc3ccccc3c2=O)c1. The van der Waals surface area contributed by atoms with Crippen molar-refractivity contribution in [2.24, 2.45) is 0 Å². The van der Waals surface area contributed by atoms with E-state index in [1.165, 1.54) is 11.6 Å². The van der Waals surface area contributed by atoms with E-state index < -0.39 is 0 Å². The summed E-state index contributed by atoms with van der Waals surface area (Å²) in [6, 6.07) is 13.9. The molecule has 2 amide bonds. The fraction of sp³-hybridized carbons (Fsp3) is 0.211. The van der Waals surface area contributed by atoms with Crippen LogP contribution in [0.2, 0.25) is 0 Å². The van der Waals surface area contributed by atoms with Gasteiger partial charge < -0.3 is 10.6 Å². The number of aryl methyl sites for hydroxylation is 1. The Morgan fingerprint density at radius 1 is 1.04 bits per heavy atom. The van der Waals surface area contributed by atoms with Gasteiger partial charge in [-0.25, -0.2) is 4.68 Å². The van der Waals surface area contributed by atoms with Crippen molar-refractivity contribution in [3.63, 3.8) is 0 Å². The van der Waals surface area contributed by atoms with Crippen molar-refractivity contribution >= 4 is 34.1 Å². The molecule has 0 unspecified atom stereocenters. The van der Waals surface area contributed by atoms with Crippen LogP contribution in [0.1, 0.15) is 19.8 Å².